The van der Waals surface area contributed by atoms with Crippen LogP contribution in [-0.4, -0.2) is 50.6 Å². The third-order valence-electron chi connectivity index (χ3n) is 8.55. The maximum atomic E-state index is 14.1. The average molecular weight is 682 g/mol. The van der Waals surface area contributed by atoms with Gasteiger partial charge in [0.1, 0.15) is 5.75 Å². The summed E-state index contributed by atoms with van der Waals surface area (Å²) in [5.41, 5.74) is 3.04. The highest BCUT2D eigenvalue weighted by Gasteiger charge is 2.33. The molecule has 0 bridgehead atoms. The molecule has 0 saturated carbocycles. The Hall–Kier alpha value is -4.89. The summed E-state index contributed by atoms with van der Waals surface area (Å²) in [5.74, 6) is -3.95. The molecule has 0 aliphatic carbocycles. The summed E-state index contributed by atoms with van der Waals surface area (Å²) in [5, 5.41) is 2.79. The van der Waals surface area contributed by atoms with E-state index in [2.05, 4.69) is 5.32 Å². The van der Waals surface area contributed by atoms with Crippen molar-refractivity contribution in [2.75, 3.05) is 12.9 Å². The predicted molar refractivity (Wildman–Crippen MR) is 189 cm³/mol. The largest absolute Gasteiger partial charge is 0.497 e. The molecule has 1 N–H and O–H groups in total. The summed E-state index contributed by atoms with van der Waals surface area (Å²) >= 11 is 0. The number of rotatable bonds is 18. The van der Waals surface area contributed by atoms with Gasteiger partial charge in [0.25, 0.3) is 0 Å². The second kappa shape index (κ2) is 17.5. The van der Waals surface area contributed by atoms with Crippen LogP contribution in [0.1, 0.15) is 42.0 Å². The number of Topliss-reactive ketones (excluding diaryl/α,β-unsaturated/α-hetero) is 3. The topological polar surface area (TPSA) is 124 Å². The first kappa shape index (κ1) is 36.9. The number of hydrogen-bond donors (Lipinski definition) is 1. The fourth-order valence-corrected chi connectivity index (χ4v) is 7.59. The Morgan fingerprint density at radius 3 is 1.92 bits per heavy atom. The van der Waals surface area contributed by atoms with Crippen LogP contribution in [0.15, 0.2) is 114 Å². The fraction of sp³-hybridized carbons (Fsp3) is 0.300. The van der Waals surface area contributed by atoms with E-state index in [1.807, 2.05) is 60.7 Å². The summed E-state index contributed by atoms with van der Waals surface area (Å²) in [6.07, 6.45) is 0.413. The molecule has 3 atom stereocenters. The monoisotopic (exact) mass is 681 g/mol. The third-order valence-corrected chi connectivity index (χ3v) is 10.6. The number of nitrogens with one attached hydrogen (secondary N) is 1. The molecule has 0 unspecified atom stereocenters. The minimum Gasteiger partial charge on any atom is -0.497 e. The van der Waals surface area contributed by atoms with Gasteiger partial charge in [0.05, 0.1) is 23.8 Å². The van der Waals surface area contributed by atoms with Gasteiger partial charge in [0, 0.05) is 24.7 Å². The smallest absolute Gasteiger partial charge is 0.224 e. The number of carbonyl (C=O) groups excluding carboxylic acids is 4. The Morgan fingerprint density at radius 2 is 1.31 bits per heavy atom. The van der Waals surface area contributed by atoms with E-state index in [0.717, 1.165) is 16.7 Å². The Labute approximate surface area is 288 Å². The van der Waals surface area contributed by atoms with Gasteiger partial charge in [-0.1, -0.05) is 97.9 Å². The molecule has 0 spiro atoms. The van der Waals surface area contributed by atoms with Crippen molar-refractivity contribution in [2.45, 2.75) is 56.9 Å². The zero-order valence-corrected chi connectivity index (χ0v) is 28.9. The SMILES string of the molecule is COc1ccc(C[C@H](NC(=O)[C@H](C)CS(=O)(=O)c2ccccc2C)C(=O)C[C@@H](Cc2ccccc2)C(=O)C(=O)CCc2ccccc2)cc1. The summed E-state index contributed by atoms with van der Waals surface area (Å²) in [7, 11) is -2.26. The molecule has 0 saturated heterocycles. The lowest BCUT2D eigenvalue weighted by Crippen LogP contribution is -2.46. The molecule has 0 heterocycles. The maximum Gasteiger partial charge on any atom is 0.224 e. The van der Waals surface area contributed by atoms with Gasteiger partial charge in [-0.15, -0.1) is 0 Å². The number of amides is 1. The molecular weight excluding hydrogens is 639 g/mol. The van der Waals surface area contributed by atoms with Crippen LogP contribution in [0.3, 0.4) is 0 Å². The molecule has 4 rings (SSSR count). The zero-order valence-electron chi connectivity index (χ0n) is 28.1. The van der Waals surface area contributed by atoms with E-state index in [4.69, 9.17) is 4.74 Å². The first-order chi connectivity index (χ1) is 23.5. The van der Waals surface area contributed by atoms with E-state index in [9.17, 15) is 27.6 Å². The number of aryl methyl sites for hydroxylation is 2. The second-order valence-electron chi connectivity index (χ2n) is 12.4. The molecule has 0 aliphatic rings. The Kier molecular flexibility index (Phi) is 13.2. The molecule has 0 aromatic heterocycles. The molecule has 4 aromatic rings. The molecule has 256 valence electrons. The number of carbonyl (C=O) groups is 4. The van der Waals surface area contributed by atoms with Crippen LogP contribution in [0.5, 0.6) is 5.75 Å². The van der Waals surface area contributed by atoms with Crippen LogP contribution in [-0.2, 0) is 48.3 Å². The van der Waals surface area contributed by atoms with Gasteiger partial charge < -0.3 is 10.1 Å². The summed E-state index contributed by atoms with van der Waals surface area (Å²) in [6, 6.07) is 31.1. The zero-order chi connectivity index (χ0) is 35.4. The Morgan fingerprint density at radius 1 is 0.735 bits per heavy atom. The number of methoxy groups -OCH3 is 1. The number of ketones is 3. The second-order valence-corrected chi connectivity index (χ2v) is 14.4. The number of benzene rings is 4. The molecule has 9 heteroatoms. The lowest BCUT2D eigenvalue weighted by molar-refractivity contribution is -0.140. The normalized spacial score (nSPS) is 13.1. The van der Waals surface area contributed by atoms with Gasteiger partial charge in [-0.2, -0.15) is 0 Å². The number of hydrogen-bond acceptors (Lipinski definition) is 7. The van der Waals surface area contributed by atoms with E-state index in [-0.39, 0.29) is 30.6 Å². The van der Waals surface area contributed by atoms with Crippen molar-refractivity contribution in [3.63, 3.8) is 0 Å². The van der Waals surface area contributed by atoms with Crippen LogP contribution in [0, 0.1) is 18.8 Å². The van der Waals surface area contributed by atoms with Crippen molar-refractivity contribution >= 4 is 33.1 Å². The van der Waals surface area contributed by atoms with E-state index < -0.39 is 56.7 Å². The Bertz CT molecular complexity index is 1840. The van der Waals surface area contributed by atoms with Gasteiger partial charge >= 0.3 is 0 Å². The van der Waals surface area contributed by atoms with Crippen molar-refractivity contribution in [3.05, 3.63) is 131 Å². The molecule has 49 heavy (non-hydrogen) atoms. The first-order valence-electron chi connectivity index (χ1n) is 16.4. The molecule has 0 fully saturated rings. The van der Waals surface area contributed by atoms with Crippen molar-refractivity contribution in [2.24, 2.45) is 11.8 Å². The summed E-state index contributed by atoms with van der Waals surface area (Å²) in [4.78, 5) is 54.6. The highest BCUT2D eigenvalue weighted by molar-refractivity contribution is 7.91. The standard InChI is InChI=1S/C40H43NO7S/c1-28-12-10-11-17-38(28)49(46,47)27-29(2)40(45)41-35(25-32-18-21-34(48-3)22-19-32)37(43)26-33(24-31-15-8-5-9-16-31)39(44)36(42)23-20-30-13-6-4-7-14-30/h4-19,21-22,29,33,35H,20,23-27H2,1-3H3,(H,41,45)/t29-,33-,35+/m1/s1. The summed E-state index contributed by atoms with van der Waals surface area (Å²) in [6.45, 7) is 3.20. The van der Waals surface area contributed by atoms with Crippen LogP contribution in [0.25, 0.3) is 0 Å². The third kappa shape index (κ3) is 10.8. The van der Waals surface area contributed by atoms with Crippen LogP contribution < -0.4 is 10.1 Å². The van der Waals surface area contributed by atoms with Gasteiger partial charge in [-0.25, -0.2) is 8.42 Å². The highest BCUT2D eigenvalue weighted by Crippen LogP contribution is 2.21. The average Bonchev–Trinajstić information content (AvgIpc) is 3.10. The van der Waals surface area contributed by atoms with Crippen LogP contribution in [0.4, 0.5) is 0 Å². The number of sulfone groups is 1. The summed E-state index contributed by atoms with van der Waals surface area (Å²) < 4.78 is 31.7. The van der Waals surface area contributed by atoms with Crippen molar-refractivity contribution < 1.29 is 32.3 Å². The molecule has 4 aromatic carbocycles. The van der Waals surface area contributed by atoms with Crippen LogP contribution >= 0.6 is 0 Å². The van der Waals surface area contributed by atoms with Gasteiger partial charge in [0.2, 0.25) is 11.7 Å². The van der Waals surface area contributed by atoms with E-state index in [1.54, 1.807) is 56.5 Å². The number of ether oxygens (including phenoxy) is 1. The fourth-order valence-electron chi connectivity index (χ4n) is 5.75. The molecule has 0 aliphatic heterocycles. The van der Waals surface area contributed by atoms with Gasteiger partial charge in [-0.05, 0) is 66.6 Å². The van der Waals surface area contributed by atoms with E-state index in [1.165, 1.54) is 13.0 Å². The molecule has 8 nitrogen and oxygen atoms in total. The minimum absolute atomic E-state index is 0.0151. The van der Waals surface area contributed by atoms with Crippen LogP contribution in [0.2, 0.25) is 0 Å². The van der Waals surface area contributed by atoms with Crippen molar-refractivity contribution in [3.8, 4) is 5.75 Å². The van der Waals surface area contributed by atoms with Gasteiger partial charge in [-0.3, -0.25) is 19.2 Å². The minimum atomic E-state index is -3.80. The molecule has 1 amide bonds. The van der Waals surface area contributed by atoms with Crippen molar-refractivity contribution in [1.29, 1.82) is 0 Å². The van der Waals surface area contributed by atoms with E-state index in [0.29, 0.717) is 17.7 Å². The maximum absolute atomic E-state index is 14.1. The quantitative estimate of drug-likeness (QED) is 0.133. The lowest BCUT2D eigenvalue weighted by Gasteiger charge is -2.23. The first-order valence-corrected chi connectivity index (χ1v) is 18.0. The highest BCUT2D eigenvalue weighted by atomic mass is 32.2. The van der Waals surface area contributed by atoms with Crippen molar-refractivity contribution in [1.82, 2.24) is 5.32 Å². The van der Waals surface area contributed by atoms with E-state index >= 15 is 0 Å². The lowest BCUT2D eigenvalue weighted by atomic mass is 9.85. The molecule has 0 radical (unpaired) electrons. The Balaban J connectivity index is 1.55. The van der Waals surface area contributed by atoms with Gasteiger partial charge in [0.15, 0.2) is 21.4 Å². The predicted octanol–water partition coefficient (Wildman–Crippen LogP) is 5.73. The molecular formula is C40H43NO7S.